The second kappa shape index (κ2) is 5.07. The lowest BCUT2D eigenvalue weighted by Crippen LogP contribution is -2.48. The lowest BCUT2D eigenvalue weighted by Gasteiger charge is -2.36. The number of thioether (sulfide) groups is 1. The Morgan fingerprint density at radius 3 is 2.73 bits per heavy atom. The zero-order valence-corrected chi connectivity index (χ0v) is 14.0. The molecule has 5 unspecified atom stereocenters. The van der Waals surface area contributed by atoms with Gasteiger partial charge in [0.1, 0.15) is 11.7 Å². The fourth-order valence-corrected chi connectivity index (χ4v) is 6.32. The Hall–Kier alpha value is -0.860. The molecule has 2 bridgehead atoms. The molecule has 3 aliphatic rings. The number of fused-ring (bicyclic) bond motifs is 1. The van der Waals surface area contributed by atoms with E-state index in [0.29, 0.717) is 18.4 Å². The van der Waals surface area contributed by atoms with Gasteiger partial charge in [-0.25, -0.2) is 0 Å². The Balaban J connectivity index is 1.67. The van der Waals surface area contributed by atoms with Gasteiger partial charge < -0.3 is 4.74 Å². The highest BCUT2D eigenvalue weighted by Crippen LogP contribution is 2.60. The van der Waals surface area contributed by atoms with Crippen LogP contribution in [0.1, 0.15) is 26.7 Å². The minimum Gasteiger partial charge on any atom is -0.456 e. The number of hydrogen-bond acceptors (Lipinski definition) is 7. The van der Waals surface area contributed by atoms with Crippen molar-refractivity contribution in [1.29, 1.82) is 0 Å². The first-order valence-corrected chi connectivity index (χ1v) is 9.57. The monoisotopic (exact) mass is 346 g/mol. The molecule has 0 aromatic carbocycles. The highest BCUT2D eigenvalue weighted by Gasteiger charge is 2.70. The van der Waals surface area contributed by atoms with Gasteiger partial charge in [0.05, 0.1) is 11.0 Å². The molecule has 0 radical (unpaired) electrons. The van der Waals surface area contributed by atoms with Crippen LogP contribution in [0.5, 0.6) is 0 Å². The highest BCUT2D eigenvalue weighted by atomic mass is 32.2. The van der Waals surface area contributed by atoms with Gasteiger partial charge in [-0.05, 0) is 32.3 Å². The molecule has 5 atom stereocenters. The quantitative estimate of drug-likeness (QED) is 0.430. The Labute approximate surface area is 133 Å². The minimum absolute atomic E-state index is 0.00410. The predicted octanol–water partition coefficient (Wildman–Crippen LogP) is 1.26. The van der Waals surface area contributed by atoms with E-state index >= 15 is 0 Å². The maximum absolute atomic E-state index is 12.0. The van der Waals surface area contributed by atoms with Crippen molar-refractivity contribution in [2.75, 3.05) is 5.75 Å². The van der Waals surface area contributed by atoms with Crippen molar-refractivity contribution in [3.8, 4) is 0 Å². The summed E-state index contributed by atoms with van der Waals surface area (Å²) >= 11 is 0.842. The molecule has 2 aliphatic carbocycles. The van der Waals surface area contributed by atoms with Gasteiger partial charge in [0.2, 0.25) is 5.12 Å². The van der Waals surface area contributed by atoms with Crippen molar-refractivity contribution in [3.05, 3.63) is 12.2 Å². The van der Waals surface area contributed by atoms with Crippen molar-refractivity contribution in [3.63, 3.8) is 0 Å². The van der Waals surface area contributed by atoms with Gasteiger partial charge in [0.15, 0.2) is 0 Å². The fraction of sp³-hybridized carbons (Fsp3) is 0.714. The smallest absolute Gasteiger partial charge is 0.317 e. The first kappa shape index (κ1) is 16.0. The predicted molar refractivity (Wildman–Crippen MR) is 80.6 cm³/mol. The van der Waals surface area contributed by atoms with Gasteiger partial charge in [0, 0.05) is 11.8 Å². The highest BCUT2D eigenvalue weighted by molar-refractivity contribution is 8.14. The zero-order valence-electron chi connectivity index (χ0n) is 12.4. The van der Waals surface area contributed by atoms with E-state index in [1.54, 1.807) is 13.8 Å². The normalized spacial score (nSPS) is 40.6. The molecule has 8 heteroatoms. The van der Waals surface area contributed by atoms with Gasteiger partial charge in [-0.15, -0.1) is 0 Å². The van der Waals surface area contributed by atoms with Crippen LogP contribution in [0, 0.1) is 11.8 Å². The van der Waals surface area contributed by atoms with Crippen LogP contribution in [-0.2, 0) is 28.6 Å². The van der Waals surface area contributed by atoms with Crippen molar-refractivity contribution in [2.24, 2.45) is 11.8 Å². The van der Waals surface area contributed by atoms with Gasteiger partial charge >= 0.3 is 5.97 Å². The summed E-state index contributed by atoms with van der Waals surface area (Å²) in [6.07, 6.45) is 0.591. The van der Waals surface area contributed by atoms with Crippen LogP contribution in [0.15, 0.2) is 12.2 Å². The lowest BCUT2D eigenvalue weighted by molar-refractivity contribution is -0.169. The first-order valence-electron chi connectivity index (χ1n) is 7.11. The van der Waals surface area contributed by atoms with E-state index in [0.717, 1.165) is 11.8 Å². The largest absolute Gasteiger partial charge is 0.456 e. The molecule has 22 heavy (non-hydrogen) atoms. The van der Waals surface area contributed by atoms with E-state index < -0.39 is 33.0 Å². The minimum atomic E-state index is -3.54. The number of carbonyl (C=O) groups is 2. The third-order valence-electron chi connectivity index (χ3n) is 4.93. The molecular formula is C14H18O6S2. The van der Waals surface area contributed by atoms with Crippen molar-refractivity contribution < 1.29 is 26.9 Å². The Morgan fingerprint density at radius 2 is 2.09 bits per heavy atom. The summed E-state index contributed by atoms with van der Waals surface area (Å²) in [6.45, 7) is 6.84. The number of esters is 1. The third kappa shape index (κ3) is 2.32. The molecule has 0 aromatic heterocycles. The average Bonchev–Trinajstić information content (AvgIpc) is 3.00. The van der Waals surface area contributed by atoms with Crippen LogP contribution in [-0.4, -0.2) is 42.2 Å². The molecule has 1 heterocycles. The average molecular weight is 346 g/mol. The molecule has 0 amide bonds. The third-order valence-corrected chi connectivity index (χ3v) is 7.68. The van der Waals surface area contributed by atoms with Crippen LogP contribution in [0.4, 0.5) is 0 Å². The molecule has 3 rings (SSSR count). The summed E-state index contributed by atoms with van der Waals surface area (Å²) in [4.78, 5) is 23.5. The van der Waals surface area contributed by atoms with E-state index in [-0.39, 0.29) is 22.7 Å². The zero-order chi connectivity index (χ0) is 16.3. The second-order valence-electron chi connectivity index (χ2n) is 6.39. The van der Waals surface area contributed by atoms with Crippen LogP contribution < -0.4 is 0 Å². The maximum atomic E-state index is 12.0. The summed E-state index contributed by atoms with van der Waals surface area (Å²) < 4.78 is 34.6. The molecule has 0 N–H and O–H groups in total. The van der Waals surface area contributed by atoms with Crippen LogP contribution in [0.25, 0.3) is 0 Å². The topological polar surface area (TPSA) is 86.7 Å². The van der Waals surface area contributed by atoms with E-state index in [2.05, 4.69) is 6.58 Å². The summed E-state index contributed by atoms with van der Waals surface area (Å²) in [6, 6.07) is 0. The van der Waals surface area contributed by atoms with Gasteiger partial charge in [0.25, 0.3) is 10.1 Å². The summed E-state index contributed by atoms with van der Waals surface area (Å²) in [7, 11) is -3.54. The van der Waals surface area contributed by atoms with Crippen molar-refractivity contribution in [1.82, 2.24) is 0 Å². The molecular weight excluding hydrogens is 328 g/mol. The molecule has 0 aromatic rings. The SMILES string of the molecule is C=C(C)C(=O)SCC(=O)OC1(C)C2CC3C1OS(=O)(=O)C3C2. The van der Waals surface area contributed by atoms with Crippen LogP contribution >= 0.6 is 11.8 Å². The van der Waals surface area contributed by atoms with Gasteiger partial charge in [-0.2, -0.15) is 8.42 Å². The summed E-state index contributed by atoms with van der Waals surface area (Å²) in [5.41, 5.74) is -0.550. The number of carbonyl (C=O) groups excluding carboxylic acids is 2. The van der Waals surface area contributed by atoms with E-state index in [9.17, 15) is 18.0 Å². The van der Waals surface area contributed by atoms with Crippen LogP contribution in [0.3, 0.4) is 0 Å². The number of ether oxygens (including phenoxy) is 1. The van der Waals surface area contributed by atoms with E-state index in [1.807, 2.05) is 0 Å². The number of hydrogen-bond donors (Lipinski definition) is 0. The number of rotatable bonds is 4. The molecule has 2 saturated carbocycles. The van der Waals surface area contributed by atoms with Crippen molar-refractivity contribution >= 4 is 33.0 Å². The molecule has 6 nitrogen and oxygen atoms in total. The van der Waals surface area contributed by atoms with E-state index in [1.165, 1.54) is 0 Å². The fourth-order valence-electron chi connectivity index (χ4n) is 3.85. The van der Waals surface area contributed by atoms with Gasteiger partial charge in [-0.1, -0.05) is 18.3 Å². The molecule has 1 aliphatic heterocycles. The Kier molecular flexibility index (Phi) is 3.69. The standard InChI is InChI=1S/C14H18O6S2/c1-7(2)13(16)21-6-11(15)19-14(3)8-4-9-10(5-8)22(17,18)20-12(9)14/h8-10,12H,1,4-6H2,2-3H3. The summed E-state index contributed by atoms with van der Waals surface area (Å²) in [5, 5.41) is -0.705. The summed E-state index contributed by atoms with van der Waals surface area (Å²) in [5.74, 6) is -0.728. The van der Waals surface area contributed by atoms with Crippen molar-refractivity contribution in [2.45, 2.75) is 43.6 Å². The molecule has 3 fully saturated rings. The Bertz CT molecular complexity index is 654. The first-order chi connectivity index (χ1) is 10.1. The van der Waals surface area contributed by atoms with Crippen LogP contribution in [0.2, 0.25) is 0 Å². The second-order valence-corrected chi connectivity index (χ2v) is 9.13. The molecule has 122 valence electrons. The molecule has 0 spiro atoms. The Morgan fingerprint density at radius 1 is 1.41 bits per heavy atom. The lowest BCUT2D eigenvalue weighted by atomic mass is 9.83. The van der Waals surface area contributed by atoms with E-state index in [4.69, 9.17) is 8.92 Å². The van der Waals surface area contributed by atoms with Gasteiger partial charge in [-0.3, -0.25) is 13.8 Å². The maximum Gasteiger partial charge on any atom is 0.317 e. The molecule has 1 saturated heterocycles.